The first kappa shape index (κ1) is 22.9. The molecule has 0 fully saturated rings. The molecule has 1 aromatic rings. The van der Waals surface area contributed by atoms with Crippen LogP contribution in [0, 0.1) is 0 Å². The standard InChI is InChI=1S/C17H24N4O7/c1-9(22)15(18)17(28)21-12(6-10-2-4-11(23)5-3-10)16(27)20-7-13(24)19-8-14(25)26/h2-5,9,12,15,22-23H,6-8,18H2,1H3,(H,19,24)(H,20,27)(H,21,28)(H,25,26). The lowest BCUT2D eigenvalue weighted by atomic mass is 10.0. The molecule has 1 rings (SSSR count). The number of hydrogen-bond acceptors (Lipinski definition) is 7. The minimum absolute atomic E-state index is 0.0278. The molecule has 28 heavy (non-hydrogen) atoms. The topological polar surface area (TPSA) is 191 Å². The molecule has 0 aromatic heterocycles. The van der Waals surface area contributed by atoms with E-state index in [1.165, 1.54) is 19.1 Å². The second-order valence-electron chi connectivity index (χ2n) is 6.09. The van der Waals surface area contributed by atoms with Crippen LogP contribution in [0.5, 0.6) is 5.75 Å². The summed E-state index contributed by atoms with van der Waals surface area (Å²) in [4.78, 5) is 46.5. The van der Waals surface area contributed by atoms with Gasteiger partial charge in [0.25, 0.3) is 0 Å². The highest BCUT2D eigenvalue weighted by Crippen LogP contribution is 2.11. The number of phenolic OH excluding ortho intramolecular Hbond substituents is 1. The fourth-order valence-corrected chi connectivity index (χ4v) is 2.09. The number of aromatic hydroxyl groups is 1. The molecule has 0 saturated heterocycles. The summed E-state index contributed by atoms with van der Waals surface area (Å²) in [7, 11) is 0. The maximum absolute atomic E-state index is 12.4. The maximum Gasteiger partial charge on any atom is 0.322 e. The van der Waals surface area contributed by atoms with Crippen LogP contribution in [-0.2, 0) is 25.6 Å². The van der Waals surface area contributed by atoms with E-state index in [0.717, 1.165) is 0 Å². The van der Waals surface area contributed by atoms with Crippen molar-refractivity contribution < 1.29 is 34.5 Å². The van der Waals surface area contributed by atoms with Crippen LogP contribution < -0.4 is 21.7 Å². The number of amides is 3. The Balaban J connectivity index is 2.79. The quantitative estimate of drug-likeness (QED) is 0.225. The number of phenols is 1. The van der Waals surface area contributed by atoms with Crippen LogP contribution in [0.1, 0.15) is 12.5 Å². The number of aliphatic carboxylic acids is 1. The van der Waals surface area contributed by atoms with Crippen molar-refractivity contribution in [3.63, 3.8) is 0 Å². The number of aliphatic hydroxyl groups is 1. The Kier molecular flexibility index (Phi) is 8.85. The van der Waals surface area contributed by atoms with Crippen molar-refractivity contribution in [2.75, 3.05) is 13.1 Å². The SMILES string of the molecule is CC(O)C(N)C(=O)NC(Cc1ccc(O)cc1)C(=O)NCC(=O)NCC(=O)O. The van der Waals surface area contributed by atoms with Gasteiger partial charge in [-0.3, -0.25) is 19.2 Å². The molecule has 11 nitrogen and oxygen atoms in total. The van der Waals surface area contributed by atoms with Crippen molar-refractivity contribution in [3.8, 4) is 5.75 Å². The Morgan fingerprint density at radius 3 is 2.18 bits per heavy atom. The third-order valence-corrected chi connectivity index (χ3v) is 3.69. The Bertz CT molecular complexity index is 706. The number of carboxylic acid groups (broad SMARTS) is 1. The van der Waals surface area contributed by atoms with Gasteiger partial charge in [0.1, 0.15) is 24.4 Å². The van der Waals surface area contributed by atoms with Gasteiger partial charge >= 0.3 is 5.97 Å². The van der Waals surface area contributed by atoms with Crippen molar-refractivity contribution >= 4 is 23.7 Å². The summed E-state index contributed by atoms with van der Waals surface area (Å²) >= 11 is 0. The van der Waals surface area contributed by atoms with Gasteiger partial charge < -0.3 is 37.0 Å². The summed E-state index contributed by atoms with van der Waals surface area (Å²) in [5.74, 6) is -3.38. The van der Waals surface area contributed by atoms with Crippen LogP contribution in [0.25, 0.3) is 0 Å². The van der Waals surface area contributed by atoms with Gasteiger partial charge in [0.2, 0.25) is 17.7 Å². The third kappa shape index (κ3) is 8.01. The average molecular weight is 396 g/mol. The van der Waals surface area contributed by atoms with Gasteiger partial charge in [-0.15, -0.1) is 0 Å². The van der Waals surface area contributed by atoms with Gasteiger partial charge in [-0.1, -0.05) is 12.1 Å². The fourth-order valence-electron chi connectivity index (χ4n) is 2.09. The molecule has 154 valence electrons. The summed E-state index contributed by atoms with van der Waals surface area (Å²) in [5.41, 5.74) is 6.18. The lowest BCUT2D eigenvalue weighted by molar-refractivity contribution is -0.138. The lowest BCUT2D eigenvalue weighted by Gasteiger charge is -2.22. The van der Waals surface area contributed by atoms with Gasteiger partial charge in [-0.25, -0.2) is 0 Å². The molecule has 0 radical (unpaired) electrons. The van der Waals surface area contributed by atoms with Gasteiger partial charge in [-0.05, 0) is 24.6 Å². The largest absolute Gasteiger partial charge is 0.508 e. The van der Waals surface area contributed by atoms with E-state index < -0.39 is 55.0 Å². The van der Waals surface area contributed by atoms with Crippen molar-refractivity contribution in [2.24, 2.45) is 5.73 Å². The van der Waals surface area contributed by atoms with Gasteiger partial charge in [-0.2, -0.15) is 0 Å². The number of nitrogens with two attached hydrogens (primary N) is 1. The van der Waals surface area contributed by atoms with Crippen LogP contribution in [0.3, 0.4) is 0 Å². The van der Waals surface area contributed by atoms with E-state index in [1.807, 2.05) is 0 Å². The van der Waals surface area contributed by atoms with Crippen LogP contribution in [-0.4, -0.2) is 70.3 Å². The average Bonchev–Trinajstić information content (AvgIpc) is 2.64. The molecule has 0 spiro atoms. The van der Waals surface area contributed by atoms with E-state index in [-0.39, 0.29) is 12.2 Å². The van der Waals surface area contributed by atoms with E-state index >= 15 is 0 Å². The monoisotopic (exact) mass is 396 g/mol. The van der Waals surface area contributed by atoms with E-state index in [2.05, 4.69) is 16.0 Å². The van der Waals surface area contributed by atoms with Crippen LogP contribution in [0.2, 0.25) is 0 Å². The van der Waals surface area contributed by atoms with E-state index in [1.54, 1.807) is 12.1 Å². The minimum atomic E-state index is -1.26. The zero-order valence-electron chi connectivity index (χ0n) is 15.2. The van der Waals surface area contributed by atoms with Crippen molar-refractivity contribution in [3.05, 3.63) is 29.8 Å². The molecule has 3 unspecified atom stereocenters. The number of hydrogen-bond donors (Lipinski definition) is 7. The maximum atomic E-state index is 12.4. The van der Waals surface area contributed by atoms with Gasteiger partial charge in [0.15, 0.2) is 0 Å². The fraction of sp³-hybridized carbons (Fsp3) is 0.412. The Hall–Kier alpha value is -3.18. The van der Waals surface area contributed by atoms with Crippen LogP contribution >= 0.6 is 0 Å². The van der Waals surface area contributed by atoms with Gasteiger partial charge in [0.05, 0.1) is 12.6 Å². The minimum Gasteiger partial charge on any atom is -0.508 e. The highest BCUT2D eigenvalue weighted by Gasteiger charge is 2.26. The number of carbonyl (C=O) groups is 4. The molecule has 1 aromatic carbocycles. The molecule has 0 heterocycles. The zero-order valence-corrected chi connectivity index (χ0v) is 15.2. The normalized spacial score (nSPS) is 13.7. The Morgan fingerprint density at radius 1 is 1.04 bits per heavy atom. The van der Waals surface area contributed by atoms with E-state index in [0.29, 0.717) is 5.56 Å². The van der Waals surface area contributed by atoms with Crippen molar-refractivity contribution in [1.29, 1.82) is 0 Å². The first-order valence-electron chi connectivity index (χ1n) is 8.38. The lowest BCUT2D eigenvalue weighted by Crippen LogP contribution is -2.55. The first-order valence-corrected chi connectivity index (χ1v) is 8.38. The highest BCUT2D eigenvalue weighted by atomic mass is 16.4. The smallest absolute Gasteiger partial charge is 0.322 e. The molecule has 0 bridgehead atoms. The molecule has 0 saturated carbocycles. The summed E-state index contributed by atoms with van der Waals surface area (Å²) in [6.07, 6.45) is -1.11. The molecule has 11 heteroatoms. The molecule has 0 aliphatic carbocycles. The highest BCUT2D eigenvalue weighted by molar-refractivity contribution is 5.92. The molecular formula is C17H24N4O7. The number of benzene rings is 1. The number of carbonyl (C=O) groups excluding carboxylic acids is 3. The predicted octanol–water partition coefficient (Wildman–Crippen LogP) is -2.56. The Morgan fingerprint density at radius 2 is 1.64 bits per heavy atom. The number of aliphatic hydroxyl groups excluding tert-OH is 1. The number of carboxylic acids is 1. The zero-order chi connectivity index (χ0) is 21.3. The van der Waals surface area contributed by atoms with E-state index in [9.17, 15) is 29.4 Å². The molecule has 3 atom stereocenters. The van der Waals surface area contributed by atoms with Crippen molar-refractivity contribution in [1.82, 2.24) is 16.0 Å². The summed E-state index contributed by atoms with van der Waals surface area (Å²) < 4.78 is 0. The molecule has 0 aliphatic rings. The molecule has 3 amide bonds. The summed E-state index contributed by atoms with van der Waals surface area (Å²) in [6.45, 7) is 0.244. The van der Waals surface area contributed by atoms with Crippen LogP contribution in [0.15, 0.2) is 24.3 Å². The first-order chi connectivity index (χ1) is 13.1. The van der Waals surface area contributed by atoms with Gasteiger partial charge in [0, 0.05) is 6.42 Å². The Labute approximate surface area is 160 Å². The summed E-state index contributed by atoms with van der Waals surface area (Å²) in [5, 5.41) is 34.1. The second kappa shape index (κ2) is 10.8. The number of nitrogens with one attached hydrogen (secondary N) is 3. The van der Waals surface area contributed by atoms with Crippen molar-refractivity contribution in [2.45, 2.75) is 31.5 Å². The predicted molar refractivity (Wildman–Crippen MR) is 97.1 cm³/mol. The number of rotatable bonds is 10. The molecular weight excluding hydrogens is 372 g/mol. The van der Waals surface area contributed by atoms with E-state index in [4.69, 9.17) is 10.8 Å². The molecule has 8 N–H and O–H groups in total. The molecule has 0 aliphatic heterocycles. The summed E-state index contributed by atoms with van der Waals surface area (Å²) in [6, 6.07) is 3.55. The van der Waals surface area contributed by atoms with Crippen LogP contribution in [0.4, 0.5) is 0 Å². The third-order valence-electron chi connectivity index (χ3n) is 3.69. The second-order valence-corrected chi connectivity index (χ2v) is 6.09.